The number of hydrogen-bond donors (Lipinski definition) is 2. The molecule has 0 spiro atoms. The number of anilines is 1. The number of aromatic nitrogens is 1. The molecule has 2 N–H and O–H groups in total. The first-order chi connectivity index (χ1) is 9.78. The molecule has 1 amide bonds. The number of rotatable bonds is 2. The first-order valence-electron chi connectivity index (χ1n) is 5.87. The summed E-state index contributed by atoms with van der Waals surface area (Å²) in [5.74, 6) is 6.02. The molecular formula is C15H12N2O3. The summed E-state index contributed by atoms with van der Waals surface area (Å²) in [7, 11) is 0. The molecule has 20 heavy (non-hydrogen) atoms. The topological polar surface area (TPSA) is 71.5 Å². The molecule has 2 rings (SSSR count). The van der Waals surface area contributed by atoms with Gasteiger partial charge in [0.25, 0.3) is 0 Å². The average Bonchev–Trinajstić information content (AvgIpc) is 2.46. The Morgan fingerprint density at radius 3 is 2.85 bits per heavy atom. The van der Waals surface area contributed by atoms with E-state index in [1.165, 1.54) is 6.20 Å². The van der Waals surface area contributed by atoms with Crippen molar-refractivity contribution in [3.63, 3.8) is 0 Å². The molecule has 0 radical (unpaired) electrons. The Labute approximate surface area is 116 Å². The summed E-state index contributed by atoms with van der Waals surface area (Å²) in [5.41, 5.74) is 0.643. The van der Waals surface area contributed by atoms with E-state index >= 15 is 0 Å². The van der Waals surface area contributed by atoms with Crippen LogP contribution in [0.5, 0.6) is 5.75 Å². The van der Waals surface area contributed by atoms with Crippen molar-refractivity contribution in [2.75, 3.05) is 11.9 Å². The molecule has 0 unspecified atom stereocenters. The summed E-state index contributed by atoms with van der Waals surface area (Å²) >= 11 is 0. The van der Waals surface area contributed by atoms with Crippen molar-refractivity contribution in [2.45, 2.75) is 0 Å². The van der Waals surface area contributed by atoms with Crippen LogP contribution in [0.3, 0.4) is 0 Å². The fraction of sp³-hybridized carbons (Fsp3) is 0.0667. The minimum Gasteiger partial charge on any atom is -0.410 e. The molecule has 0 aliphatic rings. The molecule has 1 heterocycles. The van der Waals surface area contributed by atoms with Crippen LogP contribution in [0, 0.1) is 11.8 Å². The number of para-hydroxylation sites is 1. The molecule has 1 aromatic heterocycles. The van der Waals surface area contributed by atoms with Gasteiger partial charge in [-0.05, 0) is 24.3 Å². The quantitative estimate of drug-likeness (QED) is 0.818. The van der Waals surface area contributed by atoms with Gasteiger partial charge in [0, 0.05) is 11.8 Å². The predicted molar refractivity (Wildman–Crippen MR) is 74.3 cm³/mol. The monoisotopic (exact) mass is 268 g/mol. The van der Waals surface area contributed by atoms with Crippen LogP contribution < -0.4 is 10.1 Å². The van der Waals surface area contributed by atoms with E-state index in [1.54, 1.807) is 36.4 Å². The lowest BCUT2D eigenvalue weighted by molar-refractivity contribution is 0.215. The summed E-state index contributed by atoms with van der Waals surface area (Å²) < 4.78 is 5.07. The normalized spacial score (nSPS) is 9.25. The van der Waals surface area contributed by atoms with Crippen molar-refractivity contribution in [3.8, 4) is 17.6 Å². The van der Waals surface area contributed by atoms with E-state index in [4.69, 9.17) is 9.84 Å². The van der Waals surface area contributed by atoms with Crippen LogP contribution in [0.2, 0.25) is 0 Å². The van der Waals surface area contributed by atoms with Crippen LogP contribution in [0.4, 0.5) is 10.6 Å². The molecule has 5 heteroatoms. The van der Waals surface area contributed by atoms with Crippen molar-refractivity contribution >= 4 is 11.9 Å². The second-order valence-corrected chi connectivity index (χ2v) is 3.72. The minimum absolute atomic E-state index is 0.221. The zero-order valence-electron chi connectivity index (χ0n) is 10.5. The second kappa shape index (κ2) is 6.92. The lowest BCUT2D eigenvalue weighted by Crippen LogP contribution is -2.17. The fourth-order valence-corrected chi connectivity index (χ4v) is 1.44. The Bertz CT molecular complexity index is 645. The van der Waals surface area contributed by atoms with Gasteiger partial charge >= 0.3 is 6.09 Å². The van der Waals surface area contributed by atoms with Crippen LogP contribution >= 0.6 is 0 Å². The summed E-state index contributed by atoms with van der Waals surface area (Å²) in [4.78, 5) is 15.6. The lowest BCUT2D eigenvalue weighted by Gasteiger charge is -2.05. The van der Waals surface area contributed by atoms with Crippen LogP contribution in [0.15, 0.2) is 48.7 Å². The fourth-order valence-electron chi connectivity index (χ4n) is 1.44. The van der Waals surface area contributed by atoms with Crippen molar-refractivity contribution in [1.29, 1.82) is 0 Å². The molecule has 5 nitrogen and oxygen atoms in total. The van der Waals surface area contributed by atoms with Gasteiger partial charge < -0.3 is 9.84 Å². The molecule has 0 atom stereocenters. The minimum atomic E-state index is -0.629. The van der Waals surface area contributed by atoms with E-state index in [1.807, 2.05) is 6.07 Å². The molecule has 0 aliphatic heterocycles. The van der Waals surface area contributed by atoms with Crippen molar-refractivity contribution in [3.05, 3.63) is 54.2 Å². The molecule has 1 aromatic carbocycles. The van der Waals surface area contributed by atoms with E-state index in [0.717, 1.165) is 0 Å². The molecule has 2 aromatic rings. The number of carbonyl (C=O) groups is 1. The van der Waals surface area contributed by atoms with Crippen molar-refractivity contribution in [1.82, 2.24) is 4.98 Å². The van der Waals surface area contributed by atoms with Gasteiger partial charge in [0.15, 0.2) is 0 Å². The number of nitrogens with zero attached hydrogens (tertiary/aromatic N) is 1. The summed E-state index contributed by atoms with van der Waals surface area (Å²) in [5, 5.41) is 11.1. The van der Waals surface area contributed by atoms with Gasteiger partial charge in [-0.3, -0.25) is 5.32 Å². The highest BCUT2D eigenvalue weighted by atomic mass is 16.6. The Kier molecular flexibility index (Phi) is 4.70. The van der Waals surface area contributed by atoms with Crippen LogP contribution in [0.25, 0.3) is 0 Å². The smallest absolute Gasteiger partial charge is 0.410 e. The first kappa shape index (κ1) is 13.6. The summed E-state index contributed by atoms with van der Waals surface area (Å²) in [6.45, 7) is -0.221. The third-order valence-electron chi connectivity index (χ3n) is 2.26. The predicted octanol–water partition coefficient (Wildman–Crippen LogP) is 2.04. The lowest BCUT2D eigenvalue weighted by atomic mass is 10.2. The Morgan fingerprint density at radius 2 is 2.10 bits per heavy atom. The zero-order chi connectivity index (χ0) is 14.2. The van der Waals surface area contributed by atoms with E-state index in [-0.39, 0.29) is 6.61 Å². The highest BCUT2D eigenvalue weighted by Gasteiger charge is 2.05. The van der Waals surface area contributed by atoms with Gasteiger partial charge in [-0.25, -0.2) is 9.78 Å². The molecule has 0 fully saturated rings. The highest BCUT2D eigenvalue weighted by Crippen LogP contribution is 2.11. The number of nitrogens with one attached hydrogen (secondary N) is 1. The molecule has 0 aliphatic carbocycles. The Balaban J connectivity index is 2.01. The van der Waals surface area contributed by atoms with Gasteiger partial charge in [0.1, 0.15) is 18.2 Å². The summed E-state index contributed by atoms with van der Waals surface area (Å²) in [6.07, 6.45) is 0.885. The van der Waals surface area contributed by atoms with E-state index in [2.05, 4.69) is 22.1 Å². The van der Waals surface area contributed by atoms with Gasteiger partial charge in [-0.15, -0.1) is 0 Å². The number of aliphatic hydroxyl groups excluding tert-OH is 1. The molecule has 0 saturated carbocycles. The molecule has 100 valence electrons. The van der Waals surface area contributed by atoms with Gasteiger partial charge in [0.05, 0.1) is 0 Å². The maximum atomic E-state index is 11.7. The maximum absolute atomic E-state index is 11.7. The third-order valence-corrected chi connectivity index (χ3v) is 2.26. The summed E-state index contributed by atoms with van der Waals surface area (Å²) in [6, 6.07) is 12.0. The standard InChI is InChI=1S/C15H12N2O3/c18-10-4-5-12-8-9-16-14(11-12)17-15(19)20-13-6-2-1-3-7-13/h1-3,6-9,11,18H,10H2,(H,16,17,19). The second-order valence-electron chi connectivity index (χ2n) is 3.72. The number of amides is 1. The van der Waals surface area contributed by atoms with Gasteiger partial charge in [-0.1, -0.05) is 30.0 Å². The van der Waals surface area contributed by atoms with E-state index < -0.39 is 6.09 Å². The molecule has 0 saturated heterocycles. The number of pyridine rings is 1. The van der Waals surface area contributed by atoms with Gasteiger partial charge in [0.2, 0.25) is 0 Å². The number of aliphatic hydroxyl groups is 1. The van der Waals surface area contributed by atoms with Crippen LogP contribution in [-0.2, 0) is 0 Å². The maximum Gasteiger partial charge on any atom is 0.418 e. The largest absolute Gasteiger partial charge is 0.418 e. The number of ether oxygens (including phenoxy) is 1. The van der Waals surface area contributed by atoms with E-state index in [0.29, 0.717) is 17.1 Å². The number of benzene rings is 1. The zero-order valence-corrected chi connectivity index (χ0v) is 10.5. The van der Waals surface area contributed by atoms with Gasteiger partial charge in [-0.2, -0.15) is 0 Å². The molecular weight excluding hydrogens is 256 g/mol. The number of hydrogen-bond acceptors (Lipinski definition) is 4. The SMILES string of the molecule is O=C(Nc1cc(C#CCO)ccn1)Oc1ccccc1. The van der Waals surface area contributed by atoms with Crippen molar-refractivity contribution < 1.29 is 14.6 Å². The third kappa shape index (κ3) is 4.12. The molecule has 0 bridgehead atoms. The van der Waals surface area contributed by atoms with Crippen molar-refractivity contribution in [2.24, 2.45) is 0 Å². The van der Waals surface area contributed by atoms with Crippen LogP contribution in [0.1, 0.15) is 5.56 Å². The Morgan fingerprint density at radius 1 is 1.30 bits per heavy atom. The highest BCUT2D eigenvalue weighted by molar-refractivity contribution is 5.85. The number of carbonyl (C=O) groups excluding carboxylic acids is 1. The van der Waals surface area contributed by atoms with E-state index in [9.17, 15) is 4.79 Å². The average molecular weight is 268 g/mol. The van der Waals surface area contributed by atoms with Crippen LogP contribution in [-0.4, -0.2) is 22.8 Å². The first-order valence-corrected chi connectivity index (χ1v) is 5.87. The Hall–Kier alpha value is -2.84.